The van der Waals surface area contributed by atoms with E-state index in [0.717, 1.165) is 38.0 Å². The highest BCUT2D eigenvalue weighted by Crippen LogP contribution is 2.39. The Labute approximate surface area is 250 Å². The molecule has 1 saturated heterocycles. The van der Waals surface area contributed by atoms with Gasteiger partial charge < -0.3 is 19.4 Å². The van der Waals surface area contributed by atoms with E-state index in [1.54, 1.807) is 31.6 Å². The lowest BCUT2D eigenvalue weighted by molar-refractivity contribution is -0.119. The number of carbonyl (C=O) groups is 1. The Morgan fingerprint density at radius 1 is 1.19 bits per heavy atom. The van der Waals surface area contributed by atoms with Crippen LogP contribution in [0.2, 0.25) is 0 Å². The molecular formula is C31H39FN8O3. The summed E-state index contributed by atoms with van der Waals surface area (Å²) in [5, 5.41) is 8.33. The van der Waals surface area contributed by atoms with Gasteiger partial charge in [-0.25, -0.2) is 9.37 Å². The minimum Gasteiger partial charge on any atom is -0.491 e. The summed E-state index contributed by atoms with van der Waals surface area (Å²) in [6.07, 6.45) is 6.40. The summed E-state index contributed by atoms with van der Waals surface area (Å²) in [5.74, 6) is 3.09. The molecule has 1 aliphatic heterocycles. The molecule has 4 aromatic heterocycles. The SMILES string of the molecule is COc1c(Oc2ccnc(CC(=O)C3CC3)c2)cnc2nc(Nc3cc(C(C)(C)C)n([C@@H]4CCN(CCF)C4)n3)n(C)c12. The number of likely N-dealkylation sites (tertiary alicyclic amines) is 1. The molecule has 12 heteroatoms. The number of Topliss-reactive ketones (excluding diaryl/α,β-unsaturated/α-hetero) is 1. The second-order valence-corrected chi connectivity index (χ2v) is 12.5. The van der Waals surface area contributed by atoms with Crippen LogP contribution in [0.3, 0.4) is 0 Å². The number of aryl methyl sites for hydroxylation is 1. The van der Waals surface area contributed by atoms with Crippen molar-refractivity contribution in [3.63, 3.8) is 0 Å². The van der Waals surface area contributed by atoms with E-state index < -0.39 is 0 Å². The highest BCUT2D eigenvalue weighted by atomic mass is 19.1. The summed E-state index contributed by atoms with van der Waals surface area (Å²) in [5.41, 5.74) is 2.79. The number of aromatic nitrogens is 6. The van der Waals surface area contributed by atoms with Gasteiger partial charge >= 0.3 is 0 Å². The van der Waals surface area contributed by atoms with Crippen LogP contribution in [0.5, 0.6) is 17.2 Å². The summed E-state index contributed by atoms with van der Waals surface area (Å²) in [6.45, 7) is 8.26. The van der Waals surface area contributed by atoms with Gasteiger partial charge in [-0.15, -0.1) is 0 Å². The number of fused-ring (bicyclic) bond motifs is 1. The zero-order valence-electron chi connectivity index (χ0n) is 25.4. The number of imidazole rings is 1. The summed E-state index contributed by atoms with van der Waals surface area (Å²) < 4.78 is 28.9. The van der Waals surface area contributed by atoms with Crippen molar-refractivity contribution in [2.75, 3.05) is 38.7 Å². The Hall–Kier alpha value is -4.06. The largest absolute Gasteiger partial charge is 0.491 e. The molecule has 0 aromatic carbocycles. The first kappa shape index (κ1) is 29.0. The van der Waals surface area contributed by atoms with Crippen LogP contribution in [0.15, 0.2) is 30.6 Å². The molecule has 2 aliphatic rings. The van der Waals surface area contributed by atoms with Gasteiger partial charge in [0.15, 0.2) is 23.0 Å². The van der Waals surface area contributed by atoms with Crippen LogP contribution in [-0.4, -0.2) is 73.4 Å². The highest BCUT2D eigenvalue weighted by Gasteiger charge is 2.31. The van der Waals surface area contributed by atoms with Gasteiger partial charge in [0, 0.05) is 68.5 Å². The zero-order valence-corrected chi connectivity index (χ0v) is 25.4. The number of anilines is 2. The third kappa shape index (κ3) is 6.06. The number of ketones is 1. The second-order valence-electron chi connectivity index (χ2n) is 12.5. The monoisotopic (exact) mass is 590 g/mol. The molecule has 1 N–H and O–H groups in total. The molecule has 2 fully saturated rings. The van der Waals surface area contributed by atoms with Gasteiger partial charge in [-0.3, -0.25) is 19.4 Å². The minimum atomic E-state index is -0.341. The van der Waals surface area contributed by atoms with Crippen LogP contribution in [-0.2, 0) is 23.7 Å². The second kappa shape index (κ2) is 11.6. The number of rotatable bonds is 11. The summed E-state index contributed by atoms with van der Waals surface area (Å²) in [6, 6.07) is 5.77. The predicted molar refractivity (Wildman–Crippen MR) is 161 cm³/mol. The molecule has 0 radical (unpaired) electrons. The zero-order chi connectivity index (χ0) is 30.3. The van der Waals surface area contributed by atoms with E-state index in [1.807, 2.05) is 11.6 Å². The molecule has 4 aromatic rings. The molecule has 1 atom stereocenters. The van der Waals surface area contributed by atoms with Crippen LogP contribution < -0.4 is 14.8 Å². The predicted octanol–water partition coefficient (Wildman–Crippen LogP) is 5.14. The fourth-order valence-corrected chi connectivity index (χ4v) is 5.72. The first-order valence-electron chi connectivity index (χ1n) is 14.8. The van der Waals surface area contributed by atoms with E-state index in [0.29, 0.717) is 58.8 Å². The van der Waals surface area contributed by atoms with Crippen molar-refractivity contribution in [2.45, 2.75) is 57.9 Å². The summed E-state index contributed by atoms with van der Waals surface area (Å²) in [4.78, 5) is 28.1. The van der Waals surface area contributed by atoms with E-state index >= 15 is 0 Å². The van der Waals surface area contributed by atoms with Crippen molar-refractivity contribution in [1.29, 1.82) is 0 Å². The molecule has 43 heavy (non-hydrogen) atoms. The van der Waals surface area contributed by atoms with Gasteiger partial charge in [0.2, 0.25) is 5.95 Å². The lowest BCUT2D eigenvalue weighted by atomic mass is 9.91. The quantitative estimate of drug-likeness (QED) is 0.254. The number of nitrogens with one attached hydrogen (secondary N) is 1. The third-order valence-electron chi connectivity index (χ3n) is 8.17. The van der Waals surface area contributed by atoms with Crippen LogP contribution in [0, 0.1) is 5.92 Å². The highest BCUT2D eigenvalue weighted by molar-refractivity contribution is 5.85. The van der Waals surface area contributed by atoms with Crippen molar-refractivity contribution in [3.8, 4) is 17.2 Å². The first-order valence-corrected chi connectivity index (χ1v) is 14.8. The van der Waals surface area contributed by atoms with Gasteiger partial charge in [-0.2, -0.15) is 10.1 Å². The average molecular weight is 591 g/mol. The standard InChI is InChI=1S/C31H39FN8O3/c1-31(2,3)25-16-26(37-40(25)21-9-12-39(18-21)13-10-32)35-30-36-29-27(38(30)4)28(42-5)24(17-34-29)43-22-8-11-33-20(14-22)15-23(41)19-6-7-19/h8,11,14,16-17,19,21H,6-7,9-10,12-13,15,18H2,1-5H3,(H,34,35,36,37)/t21-/m1/s1. The maximum Gasteiger partial charge on any atom is 0.211 e. The van der Waals surface area contributed by atoms with E-state index in [2.05, 4.69) is 51.7 Å². The van der Waals surface area contributed by atoms with Crippen molar-refractivity contribution < 1.29 is 18.7 Å². The number of carbonyl (C=O) groups excluding carboxylic acids is 1. The average Bonchev–Trinajstić information content (AvgIpc) is 3.44. The molecule has 5 heterocycles. The normalized spacial score (nSPS) is 17.5. The lowest BCUT2D eigenvalue weighted by Crippen LogP contribution is -2.26. The van der Waals surface area contributed by atoms with Crippen molar-refractivity contribution >= 4 is 28.7 Å². The number of nitrogens with zero attached hydrogens (tertiary/aromatic N) is 7. The number of pyridine rings is 2. The third-order valence-corrected chi connectivity index (χ3v) is 8.17. The van der Waals surface area contributed by atoms with Crippen LogP contribution in [0.25, 0.3) is 11.2 Å². The van der Waals surface area contributed by atoms with E-state index in [4.69, 9.17) is 19.6 Å². The number of methoxy groups -OCH3 is 1. The van der Waals surface area contributed by atoms with E-state index in [9.17, 15) is 9.18 Å². The van der Waals surface area contributed by atoms with Crippen molar-refractivity contribution in [3.05, 3.63) is 42.0 Å². The number of hydrogen-bond acceptors (Lipinski definition) is 9. The summed E-state index contributed by atoms with van der Waals surface area (Å²) >= 11 is 0. The Balaban J connectivity index is 1.26. The molecule has 0 amide bonds. The summed E-state index contributed by atoms with van der Waals surface area (Å²) in [7, 11) is 3.46. The Morgan fingerprint density at radius 3 is 2.72 bits per heavy atom. The van der Waals surface area contributed by atoms with E-state index in [-0.39, 0.29) is 29.8 Å². The number of ether oxygens (including phenoxy) is 2. The number of halogens is 1. The molecule has 11 nitrogen and oxygen atoms in total. The smallest absolute Gasteiger partial charge is 0.211 e. The molecule has 0 bridgehead atoms. The fourth-order valence-electron chi connectivity index (χ4n) is 5.72. The van der Waals surface area contributed by atoms with Crippen LogP contribution in [0.1, 0.15) is 57.5 Å². The fraction of sp³-hybridized carbons (Fsp3) is 0.516. The Bertz CT molecular complexity index is 1640. The molecule has 6 rings (SSSR count). The van der Waals surface area contributed by atoms with Gasteiger partial charge in [0.1, 0.15) is 23.7 Å². The van der Waals surface area contributed by atoms with Gasteiger partial charge in [0.05, 0.1) is 25.0 Å². The topological polar surface area (TPSA) is 112 Å². The van der Waals surface area contributed by atoms with Crippen molar-refractivity contribution in [1.82, 2.24) is 34.2 Å². The van der Waals surface area contributed by atoms with Crippen LogP contribution in [0.4, 0.5) is 16.2 Å². The molecule has 0 spiro atoms. The Kier molecular flexibility index (Phi) is 7.80. The number of hydrogen-bond donors (Lipinski definition) is 1. The van der Waals surface area contributed by atoms with E-state index in [1.165, 1.54) is 0 Å². The first-order chi connectivity index (χ1) is 20.6. The Morgan fingerprint density at radius 2 is 2.00 bits per heavy atom. The molecule has 1 saturated carbocycles. The van der Waals surface area contributed by atoms with Gasteiger partial charge in [-0.1, -0.05) is 20.8 Å². The van der Waals surface area contributed by atoms with Crippen LogP contribution >= 0.6 is 0 Å². The lowest BCUT2D eigenvalue weighted by Gasteiger charge is -2.23. The minimum absolute atomic E-state index is 0.137. The van der Waals surface area contributed by atoms with Gasteiger partial charge in [0.25, 0.3) is 0 Å². The molecule has 0 unspecified atom stereocenters. The maximum atomic E-state index is 13.0. The van der Waals surface area contributed by atoms with Crippen molar-refractivity contribution in [2.24, 2.45) is 13.0 Å². The van der Waals surface area contributed by atoms with Gasteiger partial charge in [-0.05, 0) is 25.3 Å². The molecule has 228 valence electrons. The molecule has 1 aliphatic carbocycles. The molecular weight excluding hydrogens is 551 g/mol. The number of alkyl halides is 1. The maximum absolute atomic E-state index is 13.0.